The van der Waals surface area contributed by atoms with Crippen LogP contribution in [0.15, 0.2) is 29.3 Å². The molecule has 4 nitrogen and oxygen atoms in total. The lowest BCUT2D eigenvalue weighted by Crippen LogP contribution is -2.53. The zero-order chi connectivity index (χ0) is 13.2. The average molecular weight is 247 g/mol. The van der Waals surface area contributed by atoms with E-state index in [0.29, 0.717) is 25.7 Å². The topological polar surface area (TPSA) is 50.9 Å². The number of guanidine groups is 1. The quantitative estimate of drug-likeness (QED) is 0.884. The maximum Gasteiger partial charge on any atom is 0.196 e. The van der Waals surface area contributed by atoms with Crippen molar-refractivity contribution in [1.29, 1.82) is 0 Å². The molecular formula is C14H21N3O. The summed E-state index contributed by atoms with van der Waals surface area (Å²) < 4.78 is 5.58. The van der Waals surface area contributed by atoms with Gasteiger partial charge in [-0.2, -0.15) is 0 Å². The zero-order valence-corrected chi connectivity index (χ0v) is 11.3. The van der Waals surface area contributed by atoms with Crippen LogP contribution in [-0.4, -0.2) is 31.3 Å². The average Bonchev–Trinajstić information content (AvgIpc) is 2.63. The van der Waals surface area contributed by atoms with Gasteiger partial charge in [-0.3, -0.25) is 4.99 Å². The first-order valence-electron chi connectivity index (χ1n) is 6.31. The Hall–Kier alpha value is -1.55. The molecule has 0 radical (unpaired) electrons. The molecule has 0 spiro atoms. The Kier molecular flexibility index (Phi) is 3.57. The predicted molar refractivity (Wildman–Crippen MR) is 75.0 cm³/mol. The van der Waals surface area contributed by atoms with E-state index < -0.39 is 0 Å². The molecule has 0 saturated heterocycles. The first-order valence-corrected chi connectivity index (χ1v) is 6.31. The van der Waals surface area contributed by atoms with Gasteiger partial charge in [-0.15, -0.1) is 0 Å². The lowest BCUT2D eigenvalue weighted by molar-refractivity contribution is 0.108. The van der Waals surface area contributed by atoms with E-state index in [1.165, 1.54) is 5.56 Å². The third-order valence-corrected chi connectivity index (χ3v) is 3.23. The molecule has 0 fully saturated rings. The fourth-order valence-electron chi connectivity index (χ4n) is 2.31. The van der Waals surface area contributed by atoms with Crippen molar-refractivity contribution < 1.29 is 4.74 Å². The van der Waals surface area contributed by atoms with Crippen molar-refractivity contribution in [3.8, 4) is 0 Å². The third kappa shape index (κ3) is 2.34. The van der Waals surface area contributed by atoms with Gasteiger partial charge in [-0.25, -0.2) is 0 Å². The van der Waals surface area contributed by atoms with Crippen molar-refractivity contribution in [1.82, 2.24) is 0 Å². The second-order valence-corrected chi connectivity index (χ2v) is 4.98. The third-order valence-electron chi connectivity index (χ3n) is 3.23. The van der Waals surface area contributed by atoms with Crippen LogP contribution >= 0.6 is 0 Å². The SMILES string of the molecule is CCOCC1(C)CN=C(N)N1c1cccc(C)c1. The van der Waals surface area contributed by atoms with Crippen LogP contribution in [0, 0.1) is 6.92 Å². The molecular weight excluding hydrogens is 226 g/mol. The lowest BCUT2D eigenvalue weighted by atomic mass is 10.0. The highest BCUT2D eigenvalue weighted by atomic mass is 16.5. The molecule has 0 saturated carbocycles. The fraction of sp³-hybridized carbons (Fsp3) is 0.500. The summed E-state index contributed by atoms with van der Waals surface area (Å²) in [5, 5.41) is 0. The molecule has 0 aromatic heterocycles. The highest BCUT2D eigenvalue weighted by Gasteiger charge is 2.39. The minimum Gasteiger partial charge on any atom is -0.379 e. The van der Waals surface area contributed by atoms with E-state index in [2.05, 4.69) is 41.9 Å². The monoisotopic (exact) mass is 247 g/mol. The number of anilines is 1. The van der Waals surface area contributed by atoms with Crippen LogP contribution in [0.2, 0.25) is 0 Å². The maximum absolute atomic E-state index is 6.03. The van der Waals surface area contributed by atoms with Crippen molar-refractivity contribution in [3.63, 3.8) is 0 Å². The normalized spacial score (nSPS) is 23.3. The summed E-state index contributed by atoms with van der Waals surface area (Å²) in [5.74, 6) is 0.572. The standard InChI is InChI=1S/C14H21N3O/c1-4-18-10-14(3)9-16-13(15)17(14)12-7-5-6-11(2)8-12/h5-8H,4,9-10H2,1-3H3,(H2,15,16). The van der Waals surface area contributed by atoms with Crippen molar-refractivity contribution in [2.75, 3.05) is 24.7 Å². The molecule has 1 heterocycles. The van der Waals surface area contributed by atoms with Gasteiger partial charge in [0, 0.05) is 12.3 Å². The van der Waals surface area contributed by atoms with Crippen molar-refractivity contribution >= 4 is 11.6 Å². The van der Waals surface area contributed by atoms with Gasteiger partial charge in [-0.1, -0.05) is 12.1 Å². The van der Waals surface area contributed by atoms with Crippen LogP contribution in [0.4, 0.5) is 5.69 Å². The van der Waals surface area contributed by atoms with Crippen LogP contribution in [0.1, 0.15) is 19.4 Å². The van der Waals surface area contributed by atoms with Crippen LogP contribution in [0.25, 0.3) is 0 Å². The Labute approximate surface area is 108 Å². The molecule has 0 amide bonds. The van der Waals surface area contributed by atoms with Gasteiger partial charge in [0.1, 0.15) is 0 Å². The number of hydrogen-bond acceptors (Lipinski definition) is 4. The molecule has 2 N–H and O–H groups in total. The molecule has 1 aliphatic rings. The van der Waals surface area contributed by atoms with Crippen molar-refractivity contribution in [3.05, 3.63) is 29.8 Å². The van der Waals surface area contributed by atoms with Crippen molar-refractivity contribution in [2.24, 2.45) is 10.7 Å². The zero-order valence-electron chi connectivity index (χ0n) is 11.3. The minimum absolute atomic E-state index is 0.187. The summed E-state index contributed by atoms with van der Waals surface area (Å²) in [5.41, 5.74) is 8.14. The van der Waals surface area contributed by atoms with E-state index >= 15 is 0 Å². The number of aliphatic imine (C=N–C) groups is 1. The van der Waals surface area contributed by atoms with Crippen LogP contribution in [0.5, 0.6) is 0 Å². The Morgan fingerprint density at radius 1 is 1.50 bits per heavy atom. The van der Waals surface area contributed by atoms with Gasteiger partial charge in [-0.05, 0) is 38.5 Å². The molecule has 0 bridgehead atoms. The number of aryl methyl sites for hydroxylation is 1. The summed E-state index contributed by atoms with van der Waals surface area (Å²) in [6, 6.07) is 8.30. The first-order chi connectivity index (χ1) is 8.57. The van der Waals surface area contributed by atoms with Gasteiger partial charge in [0.2, 0.25) is 0 Å². The van der Waals surface area contributed by atoms with Gasteiger partial charge in [0.25, 0.3) is 0 Å². The molecule has 1 aromatic rings. The second kappa shape index (κ2) is 4.98. The smallest absolute Gasteiger partial charge is 0.196 e. The second-order valence-electron chi connectivity index (χ2n) is 4.98. The Balaban J connectivity index is 2.30. The maximum atomic E-state index is 6.03. The number of nitrogens with two attached hydrogens (primary N) is 1. The molecule has 98 valence electrons. The molecule has 1 unspecified atom stereocenters. The van der Waals surface area contributed by atoms with Crippen molar-refractivity contribution in [2.45, 2.75) is 26.3 Å². The molecule has 4 heteroatoms. The van der Waals surface area contributed by atoms with E-state index in [9.17, 15) is 0 Å². The summed E-state index contributed by atoms with van der Waals surface area (Å²) in [6.45, 7) is 8.21. The summed E-state index contributed by atoms with van der Waals surface area (Å²) >= 11 is 0. The molecule has 1 aliphatic heterocycles. The Morgan fingerprint density at radius 3 is 2.94 bits per heavy atom. The molecule has 1 atom stereocenters. The molecule has 18 heavy (non-hydrogen) atoms. The Morgan fingerprint density at radius 2 is 2.28 bits per heavy atom. The largest absolute Gasteiger partial charge is 0.379 e. The van der Waals surface area contributed by atoms with Gasteiger partial charge in [0.05, 0.1) is 18.7 Å². The van der Waals surface area contributed by atoms with Gasteiger partial charge in [0.15, 0.2) is 5.96 Å². The number of benzene rings is 1. The van der Waals surface area contributed by atoms with E-state index in [1.807, 2.05) is 13.0 Å². The summed E-state index contributed by atoms with van der Waals surface area (Å²) in [4.78, 5) is 6.45. The minimum atomic E-state index is -0.187. The molecule has 2 rings (SSSR count). The first kappa shape index (κ1) is 12.9. The molecule has 0 aliphatic carbocycles. The highest BCUT2D eigenvalue weighted by molar-refractivity contribution is 5.98. The van der Waals surface area contributed by atoms with Gasteiger partial charge < -0.3 is 15.4 Å². The van der Waals surface area contributed by atoms with E-state index in [1.54, 1.807) is 0 Å². The Bertz CT molecular complexity index is 458. The van der Waals surface area contributed by atoms with E-state index in [4.69, 9.17) is 10.5 Å². The van der Waals surface area contributed by atoms with E-state index in [0.717, 1.165) is 5.69 Å². The number of ether oxygens (including phenoxy) is 1. The number of rotatable bonds is 4. The van der Waals surface area contributed by atoms with E-state index in [-0.39, 0.29) is 5.54 Å². The summed E-state index contributed by atoms with van der Waals surface area (Å²) in [6.07, 6.45) is 0. The van der Waals surface area contributed by atoms with Crippen LogP contribution in [-0.2, 0) is 4.74 Å². The summed E-state index contributed by atoms with van der Waals surface area (Å²) in [7, 11) is 0. The van der Waals surface area contributed by atoms with Crippen LogP contribution < -0.4 is 10.6 Å². The number of nitrogens with zero attached hydrogens (tertiary/aromatic N) is 2. The number of hydrogen-bond donors (Lipinski definition) is 1. The molecule has 1 aromatic carbocycles. The highest BCUT2D eigenvalue weighted by Crippen LogP contribution is 2.29. The predicted octanol–water partition coefficient (Wildman–Crippen LogP) is 1.92. The lowest BCUT2D eigenvalue weighted by Gasteiger charge is -2.36. The van der Waals surface area contributed by atoms with Gasteiger partial charge >= 0.3 is 0 Å². The van der Waals surface area contributed by atoms with Crippen LogP contribution in [0.3, 0.4) is 0 Å². The fourth-order valence-corrected chi connectivity index (χ4v) is 2.31.